The molecular weight excluding hydrogens is 452 g/mol. The van der Waals surface area contributed by atoms with Crippen molar-refractivity contribution in [3.63, 3.8) is 0 Å². The summed E-state index contributed by atoms with van der Waals surface area (Å²) in [6, 6.07) is 21.4. The number of ketones is 1. The van der Waals surface area contributed by atoms with Gasteiger partial charge in [-0.05, 0) is 60.9 Å². The maximum Gasteiger partial charge on any atom is 0.300 e. The fourth-order valence-corrected chi connectivity index (χ4v) is 4.76. The van der Waals surface area contributed by atoms with Crippen LogP contribution in [-0.2, 0) is 9.59 Å². The molecule has 0 aliphatic carbocycles. The smallest absolute Gasteiger partial charge is 0.300 e. The van der Waals surface area contributed by atoms with Gasteiger partial charge in [0.25, 0.3) is 11.7 Å². The van der Waals surface area contributed by atoms with Crippen molar-refractivity contribution in [1.82, 2.24) is 4.98 Å². The van der Waals surface area contributed by atoms with E-state index in [0.717, 1.165) is 22.0 Å². The number of ether oxygens (including phenoxy) is 1. The molecule has 1 aromatic heterocycles. The predicted octanol–water partition coefficient (Wildman–Crippen LogP) is 6.32. The number of anilines is 1. The number of hydrogen-bond acceptors (Lipinski definition) is 4. The van der Waals surface area contributed by atoms with E-state index in [4.69, 9.17) is 4.74 Å². The lowest BCUT2D eigenvalue weighted by molar-refractivity contribution is -0.132. The van der Waals surface area contributed by atoms with Gasteiger partial charge in [0.15, 0.2) is 0 Å². The van der Waals surface area contributed by atoms with Crippen LogP contribution in [0.1, 0.15) is 49.4 Å². The van der Waals surface area contributed by atoms with Gasteiger partial charge < -0.3 is 14.8 Å². The summed E-state index contributed by atoms with van der Waals surface area (Å²) in [6.45, 7) is 6.62. The highest BCUT2D eigenvalue weighted by Gasteiger charge is 2.47. The van der Waals surface area contributed by atoms with E-state index in [1.54, 1.807) is 24.3 Å². The van der Waals surface area contributed by atoms with E-state index in [9.17, 15) is 14.7 Å². The Labute approximate surface area is 209 Å². The molecule has 4 aromatic rings. The van der Waals surface area contributed by atoms with Crippen molar-refractivity contribution in [2.24, 2.45) is 0 Å². The molecule has 36 heavy (non-hydrogen) atoms. The van der Waals surface area contributed by atoms with Crippen LogP contribution < -0.4 is 9.64 Å². The van der Waals surface area contributed by atoms with Crippen LogP contribution in [0.15, 0.2) is 84.6 Å². The maximum atomic E-state index is 13.5. The second-order valence-corrected chi connectivity index (χ2v) is 9.16. The van der Waals surface area contributed by atoms with Crippen LogP contribution >= 0.6 is 0 Å². The molecule has 0 radical (unpaired) electrons. The number of hydrogen-bond donors (Lipinski definition) is 2. The topological polar surface area (TPSA) is 82.6 Å². The largest absolute Gasteiger partial charge is 0.507 e. The van der Waals surface area contributed by atoms with Crippen molar-refractivity contribution in [1.29, 1.82) is 0 Å². The van der Waals surface area contributed by atoms with Gasteiger partial charge in [0.1, 0.15) is 11.5 Å². The number of Topliss-reactive ketones (excluding diaryl/α,β-unsaturated/α-hetero) is 1. The second kappa shape index (κ2) is 9.38. The Bertz CT molecular complexity index is 1460. The molecule has 2 heterocycles. The molecule has 1 aliphatic heterocycles. The van der Waals surface area contributed by atoms with Gasteiger partial charge in [0.05, 0.1) is 18.2 Å². The summed E-state index contributed by atoms with van der Waals surface area (Å²) in [5.41, 5.74) is 3.86. The van der Waals surface area contributed by atoms with Crippen molar-refractivity contribution in [2.45, 2.75) is 32.7 Å². The van der Waals surface area contributed by atoms with E-state index in [0.29, 0.717) is 29.5 Å². The van der Waals surface area contributed by atoms with E-state index in [2.05, 4.69) is 18.8 Å². The number of carbonyl (C=O) groups is 2. The Kier molecular flexibility index (Phi) is 6.10. The Hall–Kier alpha value is -4.32. The van der Waals surface area contributed by atoms with Crippen molar-refractivity contribution in [3.8, 4) is 5.75 Å². The van der Waals surface area contributed by atoms with Crippen LogP contribution in [0.3, 0.4) is 0 Å². The number of amides is 1. The number of nitrogens with one attached hydrogen (secondary N) is 1. The lowest BCUT2D eigenvalue weighted by Gasteiger charge is -2.25. The highest BCUT2D eigenvalue weighted by atomic mass is 16.5. The summed E-state index contributed by atoms with van der Waals surface area (Å²) in [7, 11) is 0. The third-order valence-electron chi connectivity index (χ3n) is 6.64. The Balaban J connectivity index is 1.70. The molecule has 0 spiro atoms. The Morgan fingerprint density at radius 1 is 1.00 bits per heavy atom. The molecule has 1 atom stereocenters. The zero-order chi connectivity index (χ0) is 25.4. The zero-order valence-electron chi connectivity index (χ0n) is 20.5. The number of para-hydroxylation sites is 1. The van der Waals surface area contributed by atoms with Gasteiger partial charge in [0.2, 0.25) is 0 Å². The summed E-state index contributed by atoms with van der Waals surface area (Å²) in [5, 5.41) is 12.3. The molecule has 1 saturated heterocycles. The van der Waals surface area contributed by atoms with Gasteiger partial charge in [-0.25, -0.2) is 0 Å². The summed E-state index contributed by atoms with van der Waals surface area (Å²) in [5.74, 6) is -0.612. The first-order valence-corrected chi connectivity index (χ1v) is 12.1. The minimum Gasteiger partial charge on any atom is -0.507 e. The fraction of sp³-hybridized carbons (Fsp3) is 0.200. The number of nitrogens with zero attached hydrogens (tertiary/aromatic N) is 1. The van der Waals surface area contributed by atoms with Crippen LogP contribution in [0.4, 0.5) is 5.69 Å². The molecule has 0 bridgehead atoms. The van der Waals surface area contributed by atoms with E-state index >= 15 is 0 Å². The minimum absolute atomic E-state index is 0.0573. The van der Waals surface area contributed by atoms with Crippen molar-refractivity contribution < 1.29 is 19.4 Å². The normalized spacial score (nSPS) is 17.3. The van der Waals surface area contributed by atoms with Crippen LogP contribution in [0.5, 0.6) is 5.75 Å². The summed E-state index contributed by atoms with van der Waals surface area (Å²) < 4.78 is 5.50. The number of aliphatic hydroxyl groups is 1. The Morgan fingerprint density at radius 2 is 1.69 bits per heavy atom. The monoisotopic (exact) mass is 480 g/mol. The summed E-state index contributed by atoms with van der Waals surface area (Å²) in [4.78, 5) is 31.6. The number of aliphatic hydroxyl groups excluding tert-OH is 1. The van der Waals surface area contributed by atoms with E-state index in [-0.39, 0.29) is 11.3 Å². The average molecular weight is 481 g/mol. The molecule has 6 heteroatoms. The number of rotatable bonds is 6. The van der Waals surface area contributed by atoms with Gasteiger partial charge in [-0.3, -0.25) is 14.5 Å². The highest BCUT2D eigenvalue weighted by Crippen LogP contribution is 2.44. The fourth-order valence-electron chi connectivity index (χ4n) is 4.76. The molecule has 6 nitrogen and oxygen atoms in total. The lowest BCUT2D eigenvalue weighted by atomic mass is 9.94. The number of benzene rings is 3. The number of H-pyrrole nitrogens is 1. The van der Waals surface area contributed by atoms with E-state index in [1.807, 2.05) is 61.7 Å². The molecule has 1 unspecified atom stereocenters. The summed E-state index contributed by atoms with van der Waals surface area (Å²) >= 11 is 0. The number of carbonyl (C=O) groups excluding carboxylic acids is 2. The van der Waals surface area contributed by atoms with Crippen LogP contribution in [0.2, 0.25) is 0 Å². The lowest BCUT2D eigenvalue weighted by Crippen LogP contribution is -2.29. The molecule has 1 amide bonds. The molecule has 1 fully saturated rings. The van der Waals surface area contributed by atoms with Crippen molar-refractivity contribution >= 4 is 34.0 Å². The van der Waals surface area contributed by atoms with Gasteiger partial charge >= 0.3 is 0 Å². The van der Waals surface area contributed by atoms with E-state index in [1.165, 1.54) is 4.90 Å². The standard InChI is InChI=1S/C30H28N2O4/c1-4-36-22-15-11-20(12-16-22)28(33)26-27(24-17-31-25-8-6-5-7-23(24)25)32(30(35)29(26)34)21-13-9-19(10-14-21)18(2)3/h5-18,27,31,33H,4H2,1-3H3/b28-26+. The molecular formula is C30H28N2O4. The second-order valence-electron chi connectivity index (χ2n) is 9.16. The predicted molar refractivity (Wildman–Crippen MR) is 141 cm³/mol. The number of aromatic nitrogens is 1. The third-order valence-corrected chi connectivity index (χ3v) is 6.64. The van der Waals surface area contributed by atoms with Gasteiger partial charge in [-0.15, -0.1) is 0 Å². The third kappa shape index (κ3) is 3.94. The molecule has 182 valence electrons. The highest BCUT2D eigenvalue weighted by molar-refractivity contribution is 6.51. The molecule has 3 aromatic carbocycles. The average Bonchev–Trinajstić information content (AvgIpc) is 3.43. The van der Waals surface area contributed by atoms with Gasteiger partial charge in [-0.1, -0.05) is 44.2 Å². The van der Waals surface area contributed by atoms with E-state index < -0.39 is 17.7 Å². The van der Waals surface area contributed by atoms with Crippen LogP contribution in [0, 0.1) is 0 Å². The Morgan fingerprint density at radius 3 is 2.36 bits per heavy atom. The molecule has 2 N–H and O–H groups in total. The zero-order valence-corrected chi connectivity index (χ0v) is 20.5. The van der Waals surface area contributed by atoms with Gasteiger partial charge in [-0.2, -0.15) is 0 Å². The molecule has 0 saturated carbocycles. The van der Waals surface area contributed by atoms with Gasteiger partial charge in [0, 0.05) is 33.9 Å². The quantitative estimate of drug-likeness (QED) is 0.192. The van der Waals surface area contributed by atoms with Crippen LogP contribution in [0.25, 0.3) is 16.7 Å². The first kappa shape index (κ1) is 23.4. The number of aromatic amines is 1. The molecule has 1 aliphatic rings. The van der Waals surface area contributed by atoms with Crippen molar-refractivity contribution in [2.75, 3.05) is 11.5 Å². The maximum absolute atomic E-state index is 13.5. The number of fused-ring (bicyclic) bond motifs is 1. The first-order chi connectivity index (χ1) is 17.4. The minimum atomic E-state index is -0.794. The van der Waals surface area contributed by atoms with Crippen LogP contribution in [-0.4, -0.2) is 28.4 Å². The van der Waals surface area contributed by atoms with Crippen molar-refractivity contribution in [3.05, 3.63) is 101 Å². The first-order valence-electron chi connectivity index (χ1n) is 12.1. The summed E-state index contributed by atoms with van der Waals surface area (Å²) in [6.07, 6.45) is 1.81. The SMILES string of the molecule is CCOc1ccc(/C(O)=C2\C(=O)C(=O)N(c3ccc(C(C)C)cc3)C2c2c[nH]c3ccccc23)cc1. The molecule has 5 rings (SSSR count).